The molecule has 3 amide bonds. The third-order valence-electron chi connectivity index (χ3n) is 6.40. The third kappa shape index (κ3) is 5.82. The van der Waals surface area contributed by atoms with Crippen LogP contribution >= 0.6 is 0 Å². The summed E-state index contributed by atoms with van der Waals surface area (Å²) in [4.78, 5) is 37.9. The maximum atomic E-state index is 13.8. The lowest BCUT2D eigenvalue weighted by molar-refractivity contribution is -0.120. The predicted octanol–water partition coefficient (Wildman–Crippen LogP) is 3.39. The fourth-order valence-corrected chi connectivity index (χ4v) is 4.49. The zero-order valence-corrected chi connectivity index (χ0v) is 21.1. The fraction of sp³-hybridized carbons (Fsp3) is 0.444. The average Bonchev–Trinajstić information content (AvgIpc) is 2.95. The second-order valence-corrected chi connectivity index (χ2v) is 9.66. The van der Waals surface area contributed by atoms with Crippen LogP contribution in [0.5, 0.6) is 0 Å². The smallest absolute Gasteiger partial charge is 0.321 e. The molecule has 2 heterocycles. The van der Waals surface area contributed by atoms with E-state index in [1.807, 2.05) is 48.5 Å². The summed E-state index contributed by atoms with van der Waals surface area (Å²) in [5.41, 5.74) is 3.58. The van der Waals surface area contributed by atoms with Gasteiger partial charge >= 0.3 is 6.03 Å². The van der Waals surface area contributed by atoms with Gasteiger partial charge in [0.15, 0.2) is 0 Å². The monoisotopic (exact) mass is 476 g/mol. The summed E-state index contributed by atoms with van der Waals surface area (Å²) >= 11 is 0. The van der Waals surface area contributed by atoms with Crippen molar-refractivity contribution in [3.63, 3.8) is 0 Å². The first-order valence-electron chi connectivity index (χ1n) is 12.4. The van der Waals surface area contributed by atoms with Gasteiger partial charge in [-0.2, -0.15) is 0 Å². The molecule has 1 fully saturated rings. The number of amides is 3. The fourth-order valence-electron chi connectivity index (χ4n) is 4.49. The Hall–Kier alpha value is -3.39. The lowest BCUT2D eigenvalue weighted by atomic mass is 10.1. The number of piperazine rings is 1. The summed E-state index contributed by atoms with van der Waals surface area (Å²) in [7, 11) is 2.11. The molecule has 0 aromatic heterocycles. The number of aliphatic imine (C=N–C) groups is 1. The number of benzodiazepines with no additional fused rings is 1. The van der Waals surface area contributed by atoms with Crippen LogP contribution in [0.1, 0.15) is 31.9 Å². The number of nitrogens with zero attached hydrogens (tertiary/aromatic N) is 4. The van der Waals surface area contributed by atoms with Crippen LogP contribution < -0.4 is 15.5 Å². The van der Waals surface area contributed by atoms with Crippen LogP contribution in [0.25, 0.3) is 0 Å². The molecule has 0 bridgehead atoms. The molecular weight excluding hydrogens is 440 g/mol. The van der Waals surface area contributed by atoms with Crippen molar-refractivity contribution in [2.24, 2.45) is 10.9 Å². The number of para-hydroxylation sites is 1. The topological polar surface area (TPSA) is 80.3 Å². The molecule has 2 aromatic carbocycles. The van der Waals surface area contributed by atoms with E-state index in [-0.39, 0.29) is 11.8 Å². The summed E-state index contributed by atoms with van der Waals surface area (Å²) in [5.74, 6) is 0.780. The molecule has 0 radical (unpaired) electrons. The lowest BCUT2D eigenvalue weighted by Gasteiger charge is -2.35. The van der Waals surface area contributed by atoms with Gasteiger partial charge in [-0.25, -0.2) is 9.79 Å². The Morgan fingerprint density at radius 2 is 1.83 bits per heavy atom. The van der Waals surface area contributed by atoms with Crippen molar-refractivity contribution in [2.45, 2.75) is 33.4 Å². The number of aryl methyl sites for hydroxylation is 1. The number of hydrogen-bond acceptors (Lipinski definition) is 5. The van der Waals surface area contributed by atoms with Crippen molar-refractivity contribution in [1.29, 1.82) is 0 Å². The molecule has 8 heteroatoms. The molecule has 35 heavy (non-hydrogen) atoms. The molecule has 8 nitrogen and oxygen atoms in total. The molecule has 186 valence electrons. The second-order valence-electron chi connectivity index (χ2n) is 9.66. The van der Waals surface area contributed by atoms with Crippen molar-refractivity contribution in [3.8, 4) is 0 Å². The zero-order chi connectivity index (χ0) is 24.9. The standard InChI is InChI=1S/C27H36N6O2/c1-5-20-9-8-10-21(17-20)28-27(35)30-24-26(34)33(18-19(2)3)23-12-7-6-11-22(23)25(29-24)32-15-13-31(4)14-16-32/h6-12,17,19,24H,5,13-16,18H2,1-4H3,(H2,28,30,35). The third-order valence-corrected chi connectivity index (χ3v) is 6.40. The maximum Gasteiger partial charge on any atom is 0.321 e. The number of likely N-dealkylation sites (N-methyl/N-ethyl adjacent to an activating group) is 1. The van der Waals surface area contributed by atoms with Gasteiger partial charge in [0.05, 0.1) is 5.69 Å². The number of fused-ring (bicyclic) bond motifs is 1. The normalized spacial score (nSPS) is 18.7. The van der Waals surface area contributed by atoms with E-state index in [9.17, 15) is 9.59 Å². The maximum absolute atomic E-state index is 13.8. The highest BCUT2D eigenvalue weighted by Gasteiger charge is 2.35. The van der Waals surface area contributed by atoms with Gasteiger partial charge in [0.25, 0.3) is 5.91 Å². The highest BCUT2D eigenvalue weighted by atomic mass is 16.2. The first kappa shape index (κ1) is 24.7. The van der Waals surface area contributed by atoms with E-state index < -0.39 is 12.2 Å². The highest BCUT2D eigenvalue weighted by molar-refractivity contribution is 6.12. The van der Waals surface area contributed by atoms with Gasteiger partial charge in [-0.15, -0.1) is 0 Å². The average molecular weight is 477 g/mol. The minimum atomic E-state index is -1.02. The van der Waals surface area contributed by atoms with Crippen molar-refractivity contribution in [1.82, 2.24) is 15.1 Å². The first-order valence-corrected chi connectivity index (χ1v) is 12.4. The van der Waals surface area contributed by atoms with Gasteiger partial charge in [-0.05, 0) is 49.2 Å². The van der Waals surface area contributed by atoms with Crippen LogP contribution in [0.4, 0.5) is 16.2 Å². The molecule has 1 saturated heterocycles. The zero-order valence-electron chi connectivity index (χ0n) is 21.1. The first-order chi connectivity index (χ1) is 16.9. The van der Waals surface area contributed by atoms with Crippen molar-refractivity contribution < 1.29 is 9.59 Å². The minimum absolute atomic E-state index is 0.229. The molecular formula is C27H36N6O2. The SMILES string of the molecule is CCc1cccc(NC(=O)NC2N=C(N3CCN(C)CC3)c3ccccc3N(CC(C)C)C2=O)c1. The summed E-state index contributed by atoms with van der Waals surface area (Å²) in [6.45, 7) is 10.2. The van der Waals surface area contributed by atoms with Crippen LogP contribution in [0, 0.1) is 5.92 Å². The van der Waals surface area contributed by atoms with Crippen molar-refractivity contribution in [2.75, 3.05) is 50.0 Å². The second kappa shape index (κ2) is 10.9. The minimum Gasteiger partial charge on any atom is -0.354 e. The number of hydrogen-bond donors (Lipinski definition) is 2. The van der Waals surface area contributed by atoms with Crippen LogP contribution in [0.15, 0.2) is 53.5 Å². The predicted molar refractivity (Wildman–Crippen MR) is 141 cm³/mol. The van der Waals surface area contributed by atoms with E-state index in [1.54, 1.807) is 4.90 Å². The molecule has 4 rings (SSSR count). The molecule has 2 aromatic rings. The number of carbonyl (C=O) groups is 2. The van der Waals surface area contributed by atoms with Gasteiger partial charge in [0, 0.05) is 44.0 Å². The number of anilines is 2. The summed E-state index contributed by atoms with van der Waals surface area (Å²) in [6.07, 6.45) is -0.149. The Balaban J connectivity index is 1.67. The Kier molecular flexibility index (Phi) is 7.70. The van der Waals surface area contributed by atoms with Crippen molar-refractivity contribution >= 4 is 29.1 Å². The van der Waals surface area contributed by atoms with Crippen LogP contribution in [0.2, 0.25) is 0 Å². The number of nitrogens with one attached hydrogen (secondary N) is 2. The van der Waals surface area contributed by atoms with Crippen LogP contribution in [-0.2, 0) is 11.2 Å². The van der Waals surface area contributed by atoms with E-state index >= 15 is 0 Å². The van der Waals surface area contributed by atoms with Gasteiger partial charge < -0.3 is 25.3 Å². The van der Waals surface area contributed by atoms with E-state index in [4.69, 9.17) is 4.99 Å². The van der Waals surface area contributed by atoms with Crippen LogP contribution in [0.3, 0.4) is 0 Å². The van der Waals surface area contributed by atoms with Gasteiger partial charge in [-0.1, -0.05) is 45.0 Å². The quantitative estimate of drug-likeness (QED) is 0.693. The molecule has 2 aliphatic rings. The van der Waals surface area contributed by atoms with Crippen LogP contribution in [-0.4, -0.2) is 73.5 Å². The van der Waals surface area contributed by atoms with Crippen molar-refractivity contribution in [3.05, 3.63) is 59.7 Å². The largest absolute Gasteiger partial charge is 0.354 e. The number of amidine groups is 1. The highest BCUT2D eigenvalue weighted by Crippen LogP contribution is 2.28. The molecule has 0 saturated carbocycles. The molecule has 0 spiro atoms. The van der Waals surface area contributed by atoms with Gasteiger partial charge in [0.1, 0.15) is 5.84 Å². The molecule has 2 N–H and O–H groups in total. The summed E-state index contributed by atoms with van der Waals surface area (Å²) < 4.78 is 0. The molecule has 0 aliphatic carbocycles. The summed E-state index contributed by atoms with van der Waals surface area (Å²) in [6, 6.07) is 15.2. The Bertz CT molecular complexity index is 1090. The number of benzene rings is 2. The molecule has 2 aliphatic heterocycles. The molecule has 1 unspecified atom stereocenters. The molecule has 1 atom stereocenters. The van der Waals surface area contributed by atoms with Gasteiger partial charge in [-0.3, -0.25) is 4.79 Å². The number of carbonyl (C=O) groups excluding carboxylic acids is 2. The van der Waals surface area contributed by atoms with E-state index in [0.717, 1.165) is 55.2 Å². The Morgan fingerprint density at radius 1 is 1.09 bits per heavy atom. The van der Waals surface area contributed by atoms with Gasteiger partial charge in [0.2, 0.25) is 6.17 Å². The number of urea groups is 1. The Labute approximate surface area is 208 Å². The van der Waals surface area contributed by atoms with E-state index in [1.165, 1.54) is 0 Å². The van der Waals surface area contributed by atoms with E-state index in [2.05, 4.69) is 48.3 Å². The van der Waals surface area contributed by atoms with E-state index in [0.29, 0.717) is 12.2 Å². The lowest BCUT2D eigenvalue weighted by Crippen LogP contribution is -2.50. The number of rotatable bonds is 5. The Morgan fingerprint density at radius 3 is 2.54 bits per heavy atom. The summed E-state index contributed by atoms with van der Waals surface area (Å²) in [5, 5.41) is 5.72.